The molecule has 1 aromatic carbocycles. The van der Waals surface area contributed by atoms with Crippen molar-refractivity contribution in [1.29, 1.82) is 0 Å². The van der Waals surface area contributed by atoms with E-state index < -0.39 is 0 Å². The lowest BCUT2D eigenvalue weighted by atomic mass is 10.1. The molecule has 1 fully saturated rings. The van der Waals surface area contributed by atoms with Gasteiger partial charge in [-0.15, -0.1) is 12.4 Å². The van der Waals surface area contributed by atoms with Crippen LogP contribution in [0.4, 0.5) is 5.69 Å². The first-order valence-electron chi connectivity index (χ1n) is 8.66. The molecule has 1 amide bonds. The minimum Gasteiger partial charge on any atom is -0.490 e. The number of aromatic nitrogens is 2. The highest BCUT2D eigenvalue weighted by molar-refractivity contribution is 6.32. The number of hydrogen-bond donors (Lipinski definition) is 2. The second-order valence-electron chi connectivity index (χ2n) is 6.12. The van der Waals surface area contributed by atoms with Crippen LogP contribution < -0.4 is 15.4 Å². The van der Waals surface area contributed by atoms with E-state index >= 15 is 0 Å². The van der Waals surface area contributed by atoms with Gasteiger partial charge < -0.3 is 20.1 Å². The Balaban J connectivity index is 0.00000261. The number of benzene rings is 1. The summed E-state index contributed by atoms with van der Waals surface area (Å²) in [6, 6.07) is 7.15. The average Bonchev–Trinajstić information content (AvgIpc) is 3.15. The van der Waals surface area contributed by atoms with Crippen LogP contribution in [0.5, 0.6) is 5.75 Å². The predicted molar refractivity (Wildman–Crippen MR) is 107 cm³/mol. The van der Waals surface area contributed by atoms with Gasteiger partial charge in [0.25, 0.3) is 5.91 Å². The standard InChI is InChI=1S/C18H23ClN4O3.ClH/c1-25-9-10-26-17-5-4-13(11-15(17)19)21-18(24)16-6-8-23(22-16)14-3-2-7-20-12-14;/h4-6,8,11,14,20H,2-3,7,9-10,12H2,1H3,(H,21,24);1H. The molecule has 3 rings (SSSR count). The van der Waals surface area contributed by atoms with E-state index in [1.54, 1.807) is 31.4 Å². The molecule has 0 radical (unpaired) electrons. The van der Waals surface area contributed by atoms with E-state index in [-0.39, 0.29) is 18.3 Å². The van der Waals surface area contributed by atoms with E-state index in [4.69, 9.17) is 21.1 Å². The molecule has 0 saturated carbocycles. The molecule has 1 unspecified atom stereocenters. The van der Waals surface area contributed by atoms with Gasteiger partial charge in [-0.05, 0) is 43.7 Å². The van der Waals surface area contributed by atoms with Crippen LogP contribution in [0, 0.1) is 0 Å². The molecule has 9 heteroatoms. The summed E-state index contributed by atoms with van der Waals surface area (Å²) in [5.41, 5.74) is 0.972. The van der Waals surface area contributed by atoms with Crippen LogP contribution in [0.2, 0.25) is 5.02 Å². The molecule has 1 saturated heterocycles. The van der Waals surface area contributed by atoms with Crippen LogP contribution in [-0.2, 0) is 4.74 Å². The van der Waals surface area contributed by atoms with Crippen molar-refractivity contribution in [3.63, 3.8) is 0 Å². The van der Waals surface area contributed by atoms with Crippen LogP contribution in [0.3, 0.4) is 0 Å². The molecule has 0 spiro atoms. The number of amides is 1. The first kappa shape index (κ1) is 21.5. The first-order chi connectivity index (χ1) is 12.7. The number of piperidine rings is 1. The summed E-state index contributed by atoms with van der Waals surface area (Å²) >= 11 is 6.20. The van der Waals surface area contributed by atoms with Gasteiger partial charge in [0.2, 0.25) is 0 Å². The zero-order valence-corrected chi connectivity index (χ0v) is 16.7. The van der Waals surface area contributed by atoms with Crippen molar-refractivity contribution in [2.75, 3.05) is 38.7 Å². The maximum Gasteiger partial charge on any atom is 0.276 e. The SMILES string of the molecule is COCCOc1ccc(NC(=O)c2ccn(C3CCCNC3)n2)cc1Cl.Cl. The van der Waals surface area contributed by atoms with E-state index in [1.807, 2.05) is 10.9 Å². The van der Waals surface area contributed by atoms with E-state index in [2.05, 4.69) is 15.7 Å². The fourth-order valence-corrected chi connectivity index (χ4v) is 3.08. The predicted octanol–water partition coefficient (Wildman–Crippen LogP) is 3.16. The number of carbonyl (C=O) groups is 1. The topological polar surface area (TPSA) is 77.4 Å². The van der Waals surface area contributed by atoms with Gasteiger partial charge >= 0.3 is 0 Å². The Labute approximate surface area is 169 Å². The number of halogens is 2. The van der Waals surface area contributed by atoms with Gasteiger partial charge in [0, 0.05) is 25.5 Å². The maximum atomic E-state index is 12.4. The van der Waals surface area contributed by atoms with Crippen molar-refractivity contribution in [3.8, 4) is 5.75 Å². The maximum absolute atomic E-state index is 12.4. The van der Waals surface area contributed by atoms with Gasteiger partial charge in [0.05, 0.1) is 17.7 Å². The van der Waals surface area contributed by atoms with Crippen molar-refractivity contribution in [2.24, 2.45) is 0 Å². The summed E-state index contributed by atoms with van der Waals surface area (Å²) in [6.07, 6.45) is 4.03. The average molecular weight is 415 g/mol. The number of ether oxygens (including phenoxy) is 2. The number of nitrogens with one attached hydrogen (secondary N) is 2. The minimum atomic E-state index is -0.267. The molecule has 1 atom stereocenters. The third-order valence-electron chi connectivity index (χ3n) is 4.22. The highest BCUT2D eigenvalue weighted by atomic mass is 35.5. The second kappa shape index (κ2) is 10.5. The third-order valence-corrected chi connectivity index (χ3v) is 4.52. The summed E-state index contributed by atoms with van der Waals surface area (Å²) in [7, 11) is 1.61. The van der Waals surface area contributed by atoms with Crippen LogP contribution in [0.1, 0.15) is 29.4 Å². The van der Waals surface area contributed by atoms with Crippen molar-refractivity contribution in [1.82, 2.24) is 15.1 Å². The lowest BCUT2D eigenvalue weighted by Crippen LogP contribution is -2.32. The highest BCUT2D eigenvalue weighted by Crippen LogP contribution is 2.28. The Morgan fingerprint density at radius 3 is 2.96 bits per heavy atom. The van der Waals surface area contributed by atoms with Crippen LogP contribution in [0.25, 0.3) is 0 Å². The van der Waals surface area contributed by atoms with Crippen molar-refractivity contribution >= 4 is 35.6 Å². The monoisotopic (exact) mass is 414 g/mol. The summed E-state index contributed by atoms with van der Waals surface area (Å²) in [4.78, 5) is 12.4. The van der Waals surface area contributed by atoms with Gasteiger partial charge in [0.1, 0.15) is 12.4 Å². The molecule has 0 bridgehead atoms. The van der Waals surface area contributed by atoms with Crippen molar-refractivity contribution in [3.05, 3.63) is 41.2 Å². The van der Waals surface area contributed by atoms with E-state index in [0.29, 0.717) is 41.4 Å². The Bertz CT molecular complexity index is 748. The quantitative estimate of drug-likeness (QED) is 0.680. The van der Waals surface area contributed by atoms with Crippen molar-refractivity contribution < 1.29 is 14.3 Å². The summed E-state index contributed by atoms with van der Waals surface area (Å²) < 4.78 is 12.3. The molecule has 2 aromatic rings. The Hall–Kier alpha value is -1.80. The first-order valence-corrected chi connectivity index (χ1v) is 9.03. The molecule has 2 heterocycles. The van der Waals surface area contributed by atoms with E-state index in [1.165, 1.54) is 0 Å². The van der Waals surface area contributed by atoms with E-state index in [9.17, 15) is 4.79 Å². The fourth-order valence-electron chi connectivity index (χ4n) is 2.85. The van der Waals surface area contributed by atoms with E-state index in [0.717, 1.165) is 25.9 Å². The molecular formula is C18H24Cl2N4O3. The number of methoxy groups -OCH3 is 1. The second-order valence-corrected chi connectivity index (χ2v) is 6.53. The molecule has 1 aromatic heterocycles. The highest BCUT2D eigenvalue weighted by Gasteiger charge is 2.18. The zero-order chi connectivity index (χ0) is 18.4. The number of carbonyl (C=O) groups excluding carboxylic acids is 1. The zero-order valence-electron chi connectivity index (χ0n) is 15.1. The lowest BCUT2D eigenvalue weighted by molar-refractivity contribution is 0.102. The Morgan fingerprint density at radius 1 is 1.41 bits per heavy atom. The largest absolute Gasteiger partial charge is 0.490 e. The van der Waals surface area contributed by atoms with Gasteiger partial charge in [-0.2, -0.15) is 5.10 Å². The summed E-state index contributed by atoms with van der Waals surface area (Å²) in [5.74, 6) is 0.285. The fraction of sp³-hybridized carbons (Fsp3) is 0.444. The number of anilines is 1. The van der Waals surface area contributed by atoms with Crippen LogP contribution in [0.15, 0.2) is 30.5 Å². The summed E-state index contributed by atoms with van der Waals surface area (Å²) in [5, 5.41) is 11.0. The van der Waals surface area contributed by atoms with Gasteiger partial charge in [0.15, 0.2) is 5.69 Å². The molecule has 1 aliphatic heterocycles. The number of nitrogens with zero attached hydrogens (tertiary/aromatic N) is 2. The van der Waals surface area contributed by atoms with Gasteiger partial charge in [-0.1, -0.05) is 11.6 Å². The Morgan fingerprint density at radius 2 is 2.26 bits per heavy atom. The molecule has 7 nitrogen and oxygen atoms in total. The number of rotatable bonds is 7. The van der Waals surface area contributed by atoms with Gasteiger partial charge in [-0.25, -0.2) is 0 Å². The van der Waals surface area contributed by atoms with Crippen molar-refractivity contribution in [2.45, 2.75) is 18.9 Å². The van der Waals surface area contributed by atoms with Crippen LogP contribution in [-0.4, -0.2) is 49.1 Å². The molecule has 148 valence electrons. The number of hydrogen-bond acceptors (Lipinski definition) is 5. The smallest absolute Gasteiger partial charge is 0.276 e. The molecule has 0 aliphatic carbocycles. The van der Waals surface area contributed by atoms with Crippen LogP contribution >= 0.6 is 24.0 Å². The lowest BCUT2D eigenvalue weighted by Gasteiger charge is -2.22. The normalized spacial score (nSPS) is 16.4. The molecule has 27 heavy (non-hydrogen) atoms. The minimum absolute atomic E-state index is 0. The molecule has 1 aliphatic rings. The Kier molecular flexibility index (Phi) is 8.37. The molecule has 2 N–H and O–H groups in total. The third kappa shape index (κ3) is 5.84. The molecular weight excluding hydrogens is 391 g/mol. The van der Waals surface area contributed by atoms with Gasteiger partial charge in [-0.3, -0.25) is 9.48 Å². The summed E-state index contributed by atoms with van der Waals surface area (Å²) in [6.45, 7) is 2.81.